The molecule has 0 aromatic heterocycles. The van der Waals surface area contributed by atoms with Crippen LogP contribution in [0.3, 0.4) is 0 Å². The molecule has 0 bridgehead atoms. The predicted octanol–water partition coefficient (Wildman–Crippen LogP) is -1.25. The van der Waals surface area contributed by atoms with Crippen LogP contribution < -0.4 is 5.32 Å². The second-order valence-corrected chi connectivity index (χ2v) is 5.32. The monoisotopic (exact) mass is 307 g/mol. The van der Waals surface area contributed by atoms with Crippen LogP contribution in [0.25, 0.3) is 0 Å². The first-order valence-electron chi connectivity index (χ1n) is 7.49. The Kier molecular flexibility index (Phi) is 10.5. The highest BCUT2D eigenvalue weighted by molar-refractivity contribution is 5.78. The van der Waals surface area contributed by atoms with Gasteiger partial charge in [-0.15, -0.1) is 0 Å². The van der Waals surface area contributed by atoms with Crippen LogP contribution in [0, 0.1) is 5.92 Å². The Balaban J connectivity index is 4.32. The zero-order valence-electron chi connectivity index (χ0n) is 12.8. The predicted molar refractivity (Wildman–Crippen MR) is 77.4 cm³/mol. The van der Waals surface area contributed by atoms with Crippen LogP contribution in [0.15, 0.2) is 0 Å². The highest BCUT2D eigenvalue weighted by atomic mass is 16.4. The van der Waals surface area contributed by atoms with Crippen molar-refractivity contribution in [3.05, 3.63) is 0 Å². The minimum absolute atomic E-state index is 0.128. The van der Waals surface area contributed by atoms with Gasteiger partial charge in [-0.2, -0.15) is 0 Å². The maximum Gasteiger partial charge on any atom is 0.223 e. The molecule has 4 unspecified atom stereocenters. The van der Waals surface area contributed by atoms with Gasteiger partial charge in [0.1, 0.15) is 18.3 Å². The number of hydrogen-bond acceptors (Lipinski definition) is 6. The van der Waals surface area contributed by atoms with Gasteiger partial charge < -0.3 is 30.8 Å². The summed E-state index contributed by atoms with van der Waals surface area (Å²) in [5, 5.41) is 49.2. The van der Waals surface area contributed by atoms with Crippen LogP contribution in [0.4, 0.5) is 0 Å². The lowest BCUT2D eigenvalue weighted by Crippen LogP contribution is -2.50. The van der Waals surface area contributed by atoms with Crippen molar-refractivity contribution in [1.29, 1.82) is 0 Å². The van der Waals surface area contributed by atoms with Crippen LogP contribution in [0.5, 0.6) is 0 Å². The molecule has 0 aliphatic rings. The Morgan fingerprint density at radius 1 is 0.952 bits per heavy atom. The molecule has 0 rings (SSSR count). The van der Waals surface area contributed by atoms with Crippen molar-refractivity contribution in [2.45, 2.75) is 63.9 Å². The molecule has 0 saturated heterocycles. The highest BCUT2D eigenvalue weighted by Crippen LogP contribution is 2.13. The van der Waals surface area contributed by atoms with Crippen LogP contribution in [0.2, 0.25) is 0 Å². The van der Waals surface area contributed by atoms with Crippen LogP contribution in [-0.2, 0) is 4.79 Å². The Morgan fingerprint density at radius 3 is 1.86 bits per heavy atom. The van der Waals surface area contributed by atoms with E-state index in [0.717, 1.165) is 25.7 Å². The fourth-order valence-electron chi connectivity index (χ4n) is 2.14. The van der Waals surface area contributed by atoms with Gasteiger partial charge in [0.2, 0.25) is 5.91 Å². The Labute approximate surface area is 125 Å². The fraction of sp³-hybridized carbons (Fsp3) is 0.929. The molecule has 0 fully saturated rings. The average Bonchev–Trinajstić information content (AvgIpc) is 2.49. The largest absolute Gasteiger partial charge is 0.394 e. The van der Waals surface area contributed by atoms with Crippen molar-refractivity contribution >= 4 is 5.91 Å². The zero-order chi connectivity index (χ0) is 16.4. The van der Waals surface area contributed by atoms with Crippen LogP contribution >= 0.6 is 0 Å². The van der Waals surface area contributed by atoms with Crippen molar-refractivity contribution < 1.29 is 30.3 Å². The molecule has 0 saturated carbocycles. The van der Waals surface area contributed by atoms with Gasteiger partial charge in [0.05, 0.1) is 12.7 Å². The first-order chi connectivity index (χ1) is 9.88. The summed E-state index contributed by atoms with van der Waals surface area (Å²) in [7, 11) is 0. The number of amides is 1. The Morgan fingerprint density at radius 2 is 1.43 bits per heavy atom. The van der Waals surface area contributed by atoms with Crippen LogP contribution in [0.1, 0.15) is 39.5 Å². The van der Waals surface area contributed by atoms with Crippen molar-refractivity contribution in [1.82, 2.24) is 5.32 Å². The SMILES string of the molecule is CCCC(CCC)C(=O)NCC(O)C(O)C(O)C(O)CO. The first-order valence-corrected chi connectivity index (χ1v) is 7.49. The van der Waals surface area contributed by atoms with Gasteiger partial charge >= 0.3 is 0 Å². The van der Waals surface area contributed by atoms with E-state index in [4.69, 9.17) is 5.11 Å². The maximum atomic E-state index is 12.0. The van der Waals surface area contributed by atoms with E-state index < -0.39 is 31.0 Å². The summed E-state index contributed by atoms with van der Waals surface area (Å²) < 4.78 is 0. The summed E-state index contributed by atoms with van der Waals surface area (Å²) in [6.45, 7) is 3.02. The lowest BCUT2D eigenvalue weighted by molar-refractivity contribution is -0.129. The second-order valence-electron chi connectivity index (χ2n) is 5.32. The molecule has 0 aliphatic carbocycles. The highest BCUT2D eigenvalue weighted by Gasteiger charge is 2.30. The average molecular weight is 307 g/mol. The van der Waals surface area contributed by atoms with E-state index in [-0.39, 0.29) is 18.4 Å². The number of carbonyl (C=O) groups is 1. The third kappa shape index (κ3) is 7.19. The van der Waals surface area contributed by atoms with Gasteiger partial charge in [0.25, 0.3) is 0 Å². The number of carbonyl (C=O) groups excluding carboxylic acids is 1. The number of rotatable bonds is 11. The third-order valence-electron chi connectivity index (χ3n) is 3.46. The molecule has 4 atom stereocenters. The molecule has 7 heteroatoms. The summed E-state index contributed by atoms with van der Waals surface area (Å²) in [6, 6.07) is 0. The van der Waals surface area contributed by atoms with Crippen molar-refractivity contribution in [2.75, 3.05) is 13.2 Å². The Bertz CT molecular complexity index is 283. The smallest absolute Gasteiger partial charge is 0.223 e. The van der Waals surface area contributed by atoms with E-state index in [1.54, 1.807) is 0 Å². The van der Waals surface area contributed by atoms with Gasteiger partial charge in [0, 0.05) is 12.5 Å². The lowest BCUT2D eigenvalue weighted by atomic mass is 9.97. The molecule has 0 aliphatic heterocycles. The number of hydrogen-bond donors (Lipinski definition) is 6. The molecule has 0 spiro atoms. The molecule has 7 nitrogen and oxygen atoms in total. The normalized spacial score (nSPS) is 17.3. The van der Waals surface area contributed by atoms with Crippen molar-refractivity contribution in [3.63, 3.8) is 0 Å². The summed E-state index contributed by atoms with van der Waals surface area (Å²) >= 11 is 0. The van der Waals surface area contributed by atoms with Gasteiger partial charge in [-0.1, -0.05) is 26.7 Å². The number of aliphatic hydroxyl groups is 5. The number of aliphatic hydroxyl groups excluding tert-OH is 5. The molecule has 1 amide bonds. The summed E-state index contributed by atoms with van der Waals surface area (Å²) in [4.78, 5) is 12.0. The molecule has 0 radical (unpaired) electrons. The van der Waals surface area contributed by atoms with Crippen LogP contribution in [-0.4, -0.2) is 69.0 Å². The van der Waals surface area contributed by atoms with E-state index in [9.17, 15) is 25.2 Å². The molecule has 0 aromatic rings. The molecule has 6 N–H and O–H groups in total. The quantitative estimate of drug-likeness (QED) is 0.283. The van der Waals surface area contributed by atoms with E-state index in [2.05, 4.69) is 5.32 Å². The zero-order valence-corrected chi connectivity index (χ0v) is 12.8. The number of nitrogens with one attached hydrogen (secondary N) is 1. The van der Waals surface area contributed by atoms with Gasteiger partial charge in [-0.25, -0.2) is 0 Å². The van der Waals surface area contributed by atoms with Gasteiger partial charge in [-0.3, -0.25) is 4.79 Å². The fourth-order valence-corrected chi connectivity index (χ4v) is 2.14. The van der Waals surface area contributed by atoms with E-state index in [1.165, 1.54) is 0 Å². The summed E-state index contributed by atoms with van der Waals surface area (Å²) in [6.07, 6.45) is -3.02. The van der Waals surface area contributed by atoms with E-state index >= 15 is 0 Å². The third-order valence-corrected chi connectivity index (χ3v) is 3.46. The first kappa shape index (κ1) is 20.3. The Hall–Kier alpha value is -0.730. The van der Waals surface area contributed by atoms with E-state index in [1.807, 2.05) is 13.8 Å². The summed E-state index contributed by atoms with van der Waals surface area (Å²) in [5.74, 6) is -0.320. The molecule has 21 heavy (non-hydrogen) atoms. The minimum atomic E-state index is -1.68. The van der Waals surface area contributed by atoms with Gasteiger partial charge in [0.15, 0.2) is 0 Å². The molecule has 0 aromatic carbocycles. The minimum Gasteiger partial charge on any atom is -0.394 e. The second kappa shape index (κ2) is 10.9. The lowest BCUT2D eigenvalue weighted by Gasteiger charge is -2.26. The molecular weight excluding hydrogens is 278 g/mol. The molecular formula is C14H29NO6. The topological polar surface area (TPSA) is 130 Å². The van der Waals surface area contributed by atoms with E-state index in [0.29, 0.717) is 0 Å². The summed E-state index contributed by atoms with van der Waals surface area (Å²) in [5.41, 5.74) is 0. The molecule has 126 valence electrons. The standard InChI is InChI=1S/C14H29NO6/c1-3-5-9(6-4-2)14(21)15-7-10(17)12(19)13(20)11(18)8-16/h9-13,16-20H,3-8H2,1-2H3,(H,15,21). The maximum absolute atomic E-state index is 12.0. The molecule has 0 heterocycles. The van der Waals surface area contributed by atoms with Gasteiger partial charge in [-0.05, 0) is 12.8 Å². The van der Waals surface area contributed by atoms with Crippen molar-refractivity contribution in [3.8, 4) is 0 Å². The van der Waals surface area contributed by atoms with Crippen molar-refractivity contribution in [2.24, 2.45) is 5.92 Å².